The van der Waals surface area contributed by atoms with E-state index < -0.39 is 6.23 Å². The van der Waals surface area contributed by atoms with Gasteiger partial charge >= 0.3 is 0 Å². The Hall–Kier alpha value is -1.42. The standard InChI is InChI=1S/C10H14N2O2/c1-3-12(8(2)13)10-6-4-9(11-14)5-7-10/h4-8,13H,3H2,1-2H3. The summed E-state index contributed by atoms with van der Waals surface area (Å²) in [6, 6.07) is 6.81. The quantitative estimate of drug-likeness (QED) is 0.590. The van der Waals surface area contributed by atoms with Crippen LogP contribution in [0.1, 0.15) is 13.8 Å². The molecule has 1 rings (SSSR count). The lowest BCUT2D eigenvalue weighted by molar-refractivity contribution is 0.190. The van der Waals surface area contributed by atoms with Crippen molar-refractivity contribution in [2.24, 2.45) is 5.18 Å². The Kier molecular flexibility index (Phi) is 3.59. The molecule has 0 saturated carbocycles. The second kappa shape index (κ2) is 4.72. The normalized spacial score (nSPS) is 12.2. The van der Waals surface area contributed by atoms with Crippen LogP contribution in [0.25, 0.3) is 0 Å². The number of aliphatic hydroxyl groups is 1. The lowest BCUT2D eigenvalue weighted by Crippen LogP contribution is -2.32. The molecule has 0 radical (unpaired) electrons. The Morgan fingerprint density at radius 2 is 2.00 bits per heavy atom. The van der Waals surface area contributed by atoms with E-state index in [4.69, 9.17) is 0 Å². The van der Waals surface area contributed by atoms with Gasteiger partial charge in [-0.25, -0.2) is 0 Å². The predicted octanol–water partition coefficient (Wildman–Crippen LogP) is 2.25. The van der Waals surface area contributed by atoms with E-state index in [9.17, 15) is 10.0 Å². The molecule has 14 heavy (non-hydrogen) atoms. The van der Waals surface area contributed by atoms with Crippen LogP contribution in [-0.2, 0) is 0 Å². The minimum atomic E-state index is -0.532. The van der Waals surface area contributed by atoms with Gasteiger partial charge in [0.15, 0.2) is 0 Å². The van der Waals surface area contributed by atoms with Crippen molar-refractivity contribution in [2.45, 2.75) is 20.1 Å². The van der Waals surface area contributed by atoms with Crippen molar-refractivity contribution in [2.75, 3.05) is 11.4 Å². The van der Waals surface area contributed by atoms with Gasteiger partial charge in [-0.15, -0.1) is 4.91 Å². The van der Waals surface area contributed by atoms with E-state index in [0.717, 1.165) is 5.69 Å². The lowest BCUT2D eigenvalue weighted by Gasteiger charge is -2.26. The summed E-state index contributed by atoms with van der Waals surface area (Å²) in [5.41, 5.74) is 1.28. The molecule has 0 heterocycles. The van der Waals surface area contributed by atoms with Crippen molar-refractivity contribution in [1.29, 1.82) is 0 Å². The van der Waals surface area contributed by atoms with Crippen molar-refractivity contribution >= 4 is 11.4 Å². The zero-order valence-corrected chi connectivity index (χ0v) is 8.34. The first-order chi connectivity index (χ1) is 6.69. The van der Waals surface area contributed by atoms with E-state index in [1.165, 1.54) is 0 Å². The van der Waals surface area contributed by atoms with Crippen LogP contribution < -0.4 is 4.90 Å². The third-order valence-electron chi connectivity index (χ3n) is 2.08. The van der Waals surface area contributed by atoms with Gasteiger partial charge in [0.25, 0.3) is 0 Å². The van der Waals surface area contributed by atoms with Gasteiger partial charge in [0.05, 0.1) is 0 Å². The minimum Gasteiger partial charge on any atom is -0.374 e. The van der Waals surface area contributed by atoms with E-state index in [1.807, 2.05) is 11.8 Å². The topological polar surface area (TPSA) is 52.9 Å². The van der Waals surface area contributed by atoms with Crippen molar-refractivity contribution in [3.05, 3.63) is 29.2 Å². The fraction of sp³-hybridized carbons (Fsp3) is 0.400. The molecule has 1 aromatic carbocycles. The molecule has 1 N–H and O–H groups in total. The average molecular weight is 194 g/mol. The molecule has 0 spiro atoms. The second-order valence-electron chi connectivity index (χ2n) is 3.03. The number of nitroso groups, excluding NO2 is 1. The number of hydrogen-bond donors (Lipinski definition) is 1. The molecule has 1 atom stereocenters. The number of aliphatic hydroxyl groups excluding tert-OH is 1. The van der Waals surface area contributed by atoms with Gasteiger partial charge < -0.3 is 10.0 Å². The molecule has 0 bridgehead atoms. The average Bonchev–Trinajstić information content (AvgIpc) is 2.19. The van der Waals surface area contributed by atoms with Crippen LogP contribution in [0.4, 0.5) is 11.4 Å². The minimum absolute atomic E-state index is 0.399. The smallest absolute Gasteiger partial charge is 0.124 e. The molecule has 0 aliphatic heterocycles. The third-order valence-corrected chi connectivity index (χ3v) is 2.08. The van der Waals surface area contributed by atoms with Crippen molar-refractivity contribution in [3.8, 4) is 0 Å². The third kappa shape index (κ3) is 2.29. The summed E-state index contributed by atoms with van der Waals surface area (Å²) >= 11 is 0. The Morgan fingerprint density at radius 1 is 1.43 bits per heavy atom. The highest BCUT2D eigenvalue weighted by Gasteiger charge is 2.08. The van der Waals surface area contributed by atoms with Gasteiger partial charge in [-0.1, -0.05) is 0 Å². The fourth-order valence-corrected chi connectivity index (χ4v) is 1.37. The van der Waals surface area contributed by atoms with Crippen molar-refractivity contribution in [1.82, 2.24) is 0 Å². The monoisotopic (exact) mass is 194 g/mol. The van der Waals surface area contributed by atoms with E-state index in [0.29, 0.717) is 12.2 Å². The molecule has 76 valence electrons. The highest BCUT2D eigenvalue weighted by Crippen LogP contribution is 2.20. The molecule has 0 aliphatic carbocycles. The van der Waals surface area contributed by atoms with E-state index in [2.05, 4.69) is 5.18 Å². The molecule has 1 aromatic rings. The van der Waals surface area contributed by atoms with E-state index in [1.54, 1.807) is 31.2 Å². The Labute approximate surface area is 83.1 Å². The van der Waals surface area contributed by atoms with Gasteiger partial charge in [0, 0.05) is 12.2 Å². The highest BCUT2D eigenvalue weighted by molar-refractivity contribution is 5.52. The fourth-order valence-electron chi connectivity index (χ4n) is 1.37. The number of hydrogen-bond acceptors (Lipinski definition) is 4. The first kappa shape index (κ1) is 10.7. The molecule has 4 heteroatoms. The molecule has 4 nitrogen and oxygen atoms in total. The van der Waals surface area contributed by atoms with Crippen LogP contribution in [0.5, 0.6) is 0 Å². The number of rotatable bonds is 4. The summed E-state index contributed by atoms with van der Waals surface area (Å²) in [5, 5.41) is 12.2. The van der Waals surface area contributed by atoms with Crippen LogP contribution >= 0.6 is 0 Å². The molecule has 0 fully saturated rings. The zero-order chi connectivity index (χ0) is 10.6. The van der Waals surface area contributed by atoms with Gasteiger partial charge in [0.2, 0.25) is 0 Å². The maximum atomic E-state index is 10.2. The van der Waals surface area contributed by atoms with Gasteiger partial charge in [-0.2, -0.15) is 0 Å². The van der Waals surface area contributed by atoms with Crippen LogP contribution in [0.2, 0.25) is 0 Å². The molecule has 0 aromatic heterocycles. The molecular weight excluding hydrogens is 180 g/mol. The largest absolute Gasteiger partial charge is 0.374 e. The molecule has 0 aliphatic rings. The first-order valence-electron chi connectivity index (χ1n) is 4.57. The van der Waals surface area contributed by atoms with Gasteiger partial charge in [0.1, 0.15) is 11.9 Å². The summed E-state index contributed by atoms with van der Waals surface area (Å²) < 4.78 is 0. The Balaban J connectivity index is 2.89. The van der Waals surface area contributed by atoms with Gasteiger partial charge in [-0.05, 0) is 43.3 Å². The molecule has 0 amide bonds. The van der Waals surface area contributed by atoms with Crippen molar-refractivity contribution in [3.63, 3.8) is 0 Å². The molecular formula is C10H14N2O2. The summed E-state index contributed by atoms with van der Waals surface area (Å²) in [6.07, 6.45) is -0.532. The number of anilines is 1. The highest BCUT2D eigenvalue weighted by atomic mass is 16.3. The van der Waals surface area contributed by atoms with Crippen LogP contribution in [-0.4, -0.2) is 17.9 Å². The molecule has 1 unspecified atom stereocenters. The van der Waals surface area contributed by atoms with E-state index >= 15 is 0 Å². The SMILES string of the molecule is CCN(c1ccc(N=O)cc1)C(C)O. The summed E-state index contributed by atoms with van der Waals surface area (Å²) in [5.74, 6) is 0. The van der Waals surface area contributed by atoms with Crippen molar-refractivity contribution < 1.29 is 5.11 Å². The predicted molar refractivity (Wildman–Crippen MR) is 56.6 cm³/mol. The van der Waals surface area contributed by atoms with E-state index in [-0.39, 0.29) is 0 Å². The van der Waals surface area contributed by atoms with Crippen LogP contribution in [0.15, 0.2) is 29.4 Å². The maximum Gasteiger partial charge on any atom is 0.124 e. The summed E-state index contributed by atoms with van der Waals surface area (Å²) in [6.45, 7) is 4.37. The zero-order valence-electron chi connectivity index (χ0n) is 8.34. The maximum absolute atomic E-state index is 10.2. The Morgan fingerprint density at radius 3 is 2.36 bits per heavy atom. The second-order valence-corrected chi connectivity index (χ2v) is 3.03. The summed E-state index contributed by atoms with van der Waals surface area (Å²) in [4.78, 5) is 12.0. The van der Waals surface area contributed by atoms with Gasteiger partial charge in [-0.3, -0.25) is 0 Å². The first-order valence-corrected chi connectivity index (χ1v) is 4.57. The number of nitrogens with zero attached hydrogens (tertiary/aromatic N) is 2. The lowest BCUT2D eigenvalue weighted by atomic mass is 10.2. The Bertz CT molecular complexity index is 295. The van der Waals surface area contributed by atoms with Crippen LogP contribution in [0.3, 0.4) is 0 Å². The number of benzene rings is 1. The van der Waals surface area contributed by atoms with Crippen LogP contribution in [0, 0.1) is 4.91 Å². The summed E-state index contributed by atoms with van der Waals surface area (Å²) in [7, 11) is 0. The molecule has 0 saturated heterocycles.